The van der Waals surface area contributed by atoms with Gasteiger partial charge in [-0.3, -0.25) is 9.59 Å². The van der Waals surface area contributed by atoms with Gasteiger partial charge < -0.3 is 15.2 Å². The van der Waals surface area contributed by atoms with Crippen LogP contribution in [-0.2, 0) is 23.1 Å². The van der Waals surface area contributed by atoms with Crippen LogP contribution >= 0.6 is 11.8 Å². The van der Waals surface area contributed by atoms with Crippen molar-refractivity contribution in [2.24, 2.45) is 12.8 Å². The van der Waals surface area contributed by atoms with Crippen molar-refractivity contribution in [2.45, 2.75) is 37.3 Å². The highest BCUT2D eigenvalue weighted by Crippen LogP contribution is 2.18. The van der Waals surface area contributed by atoms with Crippen LogP contribution in [0.3, 0.4) is 0 Å². The molecule has 7 nitrogen and oxygen atoms in total. The Hall–Kier alpha value is -1.57. The summed E-state index contributed by atoms with van der Waals surface area (Å²) in [5, 5.41) is 8.80. The fraction of sp³-hybridized carbons (Fsp3) is 0.692. The lowest BCUT2D eigenvalue weighted by molar-refractivity contribution is -0.129. The van der Waals surface area contributed by atoms with E-state index in [9.17, 15) is 9.59 Å². The molecule has 1 aliphatic heterocycles. The average molecular weight is 311 g/mol. The molecule has 1 aromatic rings. The van der Waals surface area contributed by atoms with Crippen molar-refractivity contribution in [3.8, 4) is 0 Å². The second-order valence-electron chi connectivity index (χ2n) is 5.15. The van der Waals surface area contributed by atoms with E-state index in [0.717, 1.165) is 25.9 Å². The van der Waals surface area contributed by atoms with Crippen LogP contribution in [0.4, 0.5) is 0 Å². The number of hydrogen-bond acceptors (Lipinski definition) is 5. The number of primary amides is 1. The number of rotatable bonds is 6. The molecule has 2 N–H and O–H groups in total. The summed E-state index contributed by atoms with van der Waals surface area (Å²) >= 11 is 1.39. The summed E-state index contributed by atoms with van der Waals surface area (Å²) in [5.74, 6) is 0.887. The van der Waals surface area contributed by atoms with Gasteiger partial charge in [0.25, 0.3) is 0 Å². The molecule has 2 rings (SSSR count). The van der Waals surface area contributed by atoms with Gasteiger partial charge in [0.05, 0.1) is 5.75 Å². The van der Waals surface area contributed by atoms with Gasteiger partial charge in [0.2, 0.25) is 11.8 Å². The molecule has 0 saturated carbocycles. The van der Waals surface area contributed by atoms with Crippen LogP contribution in [0.15, 0.2) is 5.16 Å². The molecule has 116 valence electrons. The number of aryl methyl sites for hydroxylation is 1. The van der Waals surface area contributed by atoms with Gasteiger partial charge in [-0.15, -0.1) is 10.2 Å². The zero-order valence-electron chi connectivity index (χ0n) is 12.2. The second kappa shape index (κ2) is 7.44. The van der Waals surface area contributed by atoms with Crippen molar-refractivity contribution in [1.82, 2.24) is 19.7 Å². The van der Waals surface area contributed by atoms with Crippen molar-refractivity contribution < 1.29 is 9.59 Å². The number of piperidine rings is 1. The van der Waals surface area contributed by atoms with E-state index in [0.29, 0.717) is 23.2 Å². The number of likely N-dealkylation sites (tertiary alicyclic amines) is 1. The highest BCUT2D eigenvalue weighted by Gasteiger charge is 2.18. The summed E-state index contributed by atoms with van der Waals surface area (Å²) < 4.78 is 1.82. The standard InChI is InChI=1S/C13H21N5O2S/c1-17-11(6-5-10(14)19)15-16-13(17)21-9-12(20)18-7-3-2-4-8-18/h2-9H2,1H3,(H2,14,19). The Morgan fingerprint density at radius 1 is 1.24 bits per heavy atom. The Labute approximate surface area is 128 Å². The average Bonchev–Trinajstić information content (AvgIpc) is 2.84. The molecule has 0 atom stereocenters. The fourth-order valence-electron chi connectivity index (χ4n) is 2.28. The second-order valence-corrected chi connectivity index (χ2v) is 6.10. The number of amides is 2. The van der Waals surface area contributed by atoms with Gasteiger partial charge in [-0.05, 0) is 19.3 Å². The molecule has 0 aromatic carbocycles. The van der Waals surface area contributed by atoms with Crippen molar-refractivity contribution in [1.29, 1.82) is 0 Å². The monoisotopic (exact) mass is 311 g/mol. The minimum atomic E-state index is -0.354. The number of thioether (sulfide) groups is 1. The minimum Gasteiger partial charge on any atom is -0.370 e. The van der Waals surface area contributed by atoms with Crippen LogP contribution in [0, 0.1) is 0 Å². The highest BCUT2D eigenvalue weighted by molar-refractivity contribution is 7.99. The van der Waals surface area contributed by atoms with Crippen LogP contribution in [0.2, 0.25) is 0 Å². The van der Waals surface area contributed by atoms with Crippen LogP contribution in [0.1, 0.15) is 31.5 Å². The maximum Gasteiger partial charge on any atom is 0.233 e. The van der Waals surface area contributed by atoms with E-state index in [4.69, 9.17) is 5.73 Å². The van der Waals surface area contributed by atoms with E-state index in [1.54, 1.807) is 0 Å². The van der Waals surface area contributed by atoms with E-state index >= 15 is 0 Å². The van der Waals surface area contributed by atoms with Crippen molar-refractivity contribution in [2.75, 3.05) is 18.8 Å². The summed E-state index contributed by atoms with van der Waals surface area (Å²) in [6.07, 6.45) is 4.13. The first kappa shape index (κ1) is 15.8. The molecule has 21 heavy (non-hydrogen) atoms. The lowest BCUT2D eigenvalue weighted by Crippen LogP contribution is -2.36. The first-order chi connectivity index (χ1) is 10.1. The molecule has 0 unspecified atom stereocenters. The lowest BCUT2D eigenvalue weighted by atomic mass is 10.1. The van der Waals surface area contributed by atoms with Gasteiger partial charge in [-0.1, -0.05) is 11.8 Å². The SMILES string of the molecule is Cn1c(CCC(N)=O)nnc1SCC(=O)N1CCCCC1. The molecule has 0 bridgehead atoms. The van der Waals surface area contributed by atoms with Gasteiger partial charge in [0.1, 0.15) is 5.82 Å². The molecule has 1 saturated heterocycles. The Morgan fingerprint density at radius 3 is 2.62 bits per heavy atom. The molecular weight excluding hydrogens is 290 g/mol. The smallest absolute Gasteiger partial charge is 0.233 e. The molecule has 1 aromatic heterocycles. The first-order valence-electron chi connectivity index (χ1n) is 7.15. The fourth-order valence-corrected chi connectivity index (χ4v) is 3.12. The van der Waals surface area contributed by atoms with E-state index in [-0.39, 0.29) is 18.2 Å². The van der Waals surface area contributed by atoms with Gasteiger partial charge in [-0.25, -0.2) is 0 Å². The van der Waals surface area contributed by atoms with Crippen LogP contribution < -0.4 is 5.73 Å². The number of carbonyl (C=O) groups excluding carboxylic acids is 2. The van der Waals surface area contributed by atoms with Gasteiger partial charge in [0, 0.05) is 33.0 Å². The normalized spacial score (nSPS) is 15.2. The lowest BCUT2D eigenvalue weighted by Gasteiger charge is -2.26. The Kier molecular flexibility index (Phi) is 5.60. The van der Waals surface area contributed by atoms with Crippen LogP contribution in [0.5, 0.6) is 0 Å². The molecule has 0 radical (unpaired) electrons. The third kappa shape index (κ3) is 4.45. The van der Waals surface area contributed by atoms with Crippen molar-refractivity contribution in [3.63, 3.8) is 0 Å². The topological polar surface area (TPSA) is 94.1 Å². The summed E-state index contributed by atoms with van der Waals surface area (Å²) in [6.45, 7) is 1.73. The number of aromatic nitrogens is 3. The number of hydrogen-bond donors (Lipinski definition) is 1. The third-order valence-corrected chi connectivity index (χ3v) is 4.56. The van der Waals surface area contributed by atoms with E-state index in [2.05, 4.69) is 10.2 Å². The highest BCUT2D eigenvalue weighted by atomic mass is 32.2. The van der Waals surface area contributed by atoms with Gasteiger partial charge in [-0.2, -0.15) is 0 Å². The van der Waals surface area contributed by atoms with Gasteiger partial charge >= 0.3 is 0 Å². The molecular formula is C13H21N5O2S. The largest absolute Gasteiger partial charge is 0.370 e. The molecule has 2 amide bonds. The summed E-state index contributed by atoms with van der Waals surface area (Å²) in [6, 6.07) is 0. The molecule has 2 heterocycles. The Bertz CT molecular complexity index is 511. The number of nitrogens with zero attached hydrogens (tertiary/aromatic N) is 4. The van der Waals surface area contributed by atoms with Crippen LogP contribution in [0.25, 0.3) is 0 Å². The van der Waals surface area contributed by atoms with E-state index in [1.807, 2.05) is 16.5 Å². The first-order valence-corrected chi connectivity index (χ1v) is 8.13. The summed E-state index contributed by atoms with van der Waals surface area (Å²) in [5.41, 5.74) is 5.13. The Balaban J connectivity index is 1.85. The third-order valence-electron chi connectivity index (χ3n) is 3.55. The van der Waals surface area contributed by atoms with E-state index in [1.165, 1.54) is 18.2 Å². The summed E-state index contributed by atoms with van der Waals surface area (Å²) in [4.78, 5) is 24.8. The predicted molar refractivity (Wildman–Crippen MR) is 79.7 cm³/mol. The molecule has 1 aliphatic rings. The molecule has 0 aliphatic carbocycles. The number of carbonyl (C=O) groups is 2. The Morgan fingerprint density at radius 2 is 1.95 bits per heavy atom. The minimum absolute atomic E-state index is 0.154. The summed E-state index contributed by atoms with van der Waals surface area (Å²) in [7, 11) is 1.84. The van der Waals surface area contributed by atoms with E-state index < -0.39 is 0 Å². The maximum atomic E-state index is 12.1. The molecule has 0 spiro atoms. The molecule has 8 heteroatoms. The van der Waals surface area contributed by atoms with Gasteiger partial charge in [0.15, 0.2) is 5.16 Å². The van der Waals surface area contributed by atoms with Crippen LogP contribution in [-0.4, -0.2) is 50.3 Å². The zero-order valence-corrected chi connectivity index (χ0v) is 13.1. The molecule has 1 fully saturated rings. The quantitative estimate of drug-likeness (QED) is 0.764. The maximum absolute atomic E-state index is 12.1. The van der Waals surface area contributed by atoms with Crippen molar-refractivity contribution in [3.05, 3.63) is 5.82 Å². The predicted octanol–water partition coefficient (Wildman–Crippen LogP) is 0.338. The van der Waals surface area contributed by atoms with Crippen molar-refractivity contribution >= 4 is 23.6 Å². The number of nitrogens with two attached hydrogens (primary N) is 1. The zero-order chi connectivity index (χ0) is 15.2.